The predicted octanol–water partition coefficient (Wildman–Crippen LogP) is 2.20. The molecule has 0 saturated heterocycles. The molecule has 0 amide bonds. The lowest BCUT2D eigenvalue weighted by atomic mass is 10.3. The molecule has 0 N–H and O–H groups in total. The Hall–Kier alpha value is -0.180. The number of aryl methyl sites for hydroxylation is 1. The fraction of sp³-hybridized carbons (Fsp3) is 0.692. The lowest BCUT2D eigenvalue weighted by Crippen LogP contribution is -2.42. The molecule has 1 aromatic heterocycles. The smallest absolute Gasteiger partial charge is 0.252 e. The molecule has 1 unspecified atom stereocenters. The van der Waals surface area contributed by atoms with E-state index in [4.69, 9.17) is 21.1 Å². The second-order valence-corrected chi connectivity index (χ2v) is 8.24. The molecule has 0 bridgehead atoms. The van der Waals surface area contributed by atoms with Crippen LogP contribution in [0.15, 0.2) is 16.3 Å². The van der Waals surface area contributed by atoms with E-state index in [2.05, 4.69) is 0 Å². The molecule has 0 aliphatic carbocycles. The number of halogens is 1. The standard InChI is InChI=1S/C13H22ClNO4S2/c1-11(10-19-3)15(8-9-18-2)21(16,17)13-5-4-12(20-13)6-7-14/h4-5,11H,6-10H2,1-3H3. The van der Waals surface area contributed by atoms with E-state index in [1.807, 2.05) is 13.0 Å². The van der Waals surface area contributed by atoms with Crippen molar-refractivity contribution in [3.8, 4) is 0 Å². The zero-order chi connectivity index (χ0) is 15.9. The van der Waals surface area contributed by atoms with Gasteiger partial charge in [0.15, 0.2) is 0 Å². The summed E-state index contributed by atoms with van der Waals surface area (Å²) in [6.45, 7) is 2.80. The highest BCUT2D eigenvalue weighted by molar-refractivity contribution is 7.91. The summed E-state index contributed by atoms with van der Waals surface area (Å²) in [7, 11) is -0.435. The number of alkyl halides is 1. The van der Waals surface area contributed by atoms with Crippen LogP contribution in [0.4, 0.5) is 0 Å². The van der Waals surface area contributed by atoms with Crippen LogP contribution >= 0.6 is 22.9 Å². The van der Waals surface area contributed by atoms with Gasteiger partial charge >= 0.3 is 0 Å². The number of rotatable bonds is 10. The first-order chi connectivity index (χ1) is 9.97. The van der Waals surface area contributed by atoms with Gasteiger partial charge in [-0.1, -0.05) is 0 Å². The van der Waals surface area contributed by atoms with Gasteiger partial charge < -0.3 is 9.47 Å². The summed E-state index contributed by atoms with van der Waals surface area (Å²) in [5.41, 5.74) is 0. The second-order valence-electron chi connectivity index (χ2n) is 4.57. The van der Waals surface area contributed by atoms with Gasteiger partial charge in [0.25, 0.3) is 10.0 Å². The van der Waals surface area contributed by atoms with Crippen molar-refractivity contribution in [2.75, 3.05) is 39.9 Å². The van der Waals surface area contributed by atoms with E-state index in [1.54, 1.807) is 20.3 Å². The van der Waals surface area contributed by atoms with Crippen LogP contribution in [0.2, 0.25) is 0 Å². The van der Waals surface area contributed by atoms with Gasteiger partial charge in [0.1, 0.15) is 4.21 Å². The summed E-state index contributed by atoms with van der Waals surface area (Å²) in [5.74, 6) is 0.480. The van der Waals surface area contributed by atoms with E-state index < -0.39 is 10.0 Å². The van der Waals surface area contributed by atoms with Crippen LogP contribution in [0.5, 0.6) is 0 Å². The molecule has 122 valence electrons. The zero-order valence-electron chi connectivity index (χ0n) is 12.5. The molecular formula is C13H22ClNO4S2. The van der Waals surface area contributed by atoms with Crippen molar-refractivity contribution < 1.29 is 17.9 Å². The Bertz CT molecular complexity index is 518. The largest absolute Gasteiger partial charge is 0.383 e. The Morgan fingerprint density at radius 1 is 1.33 bits per heavy atom. The molecule has 0 radical (unpaired) electrons. The highest BCUT2D eigenvalue weighted by Crippen LogP contribution is 2.26. The Kier molecular flexibility index (Phi) is 8.15. The molecule has 0 aliphatic heterocycles. The zero-order valence-corrected chi connectivity index (χ0v) is 14.9. The number of hydrogen-bond donors (Lipinski definition) is 0. The van der Waals surface area contributed by atoms with Crippen LogP contribution in [-0.4, -0.2) is 58.6 Å². The van der Waals surface area contributed by atoms with Crippen molar-refractivity contribution in [2.45, 2.75) is 23.6 Å². The fourth-order valence-corrected chi connectivity index (χ4v) is 5.32. The third-order valence-electron chi connectivity index (χ3n) is 2.96. The lowest BCUT2D eigenvalue weighted by molar-refractivity contribution is 0.119. The van der Waals surface area contributed by atoms with Crippen molar-refractivity contribution >= 4 is 33.0 Å². The van der Waals surface area contributed by atoms with Crippen molar-refractivity contribution in [3.05, 3.63) is 17.0 Å². The monoisotopic (exact) mass is 355 g/mol. The van der Waals surface area contributed by atoms with E-state index in [9.17, 15) is 8.42 Å². The molecule has 1 aromatic rings. The first-order valence-electron chi connectivity index (χ1n) is 6.61. The second kappa shape index (κ2) is 9.07. The van der Waals surface area contributed by atoms with Crippen molar-refractivity contribution in [3.63, 3.8) is 0 Å². The third kappa shape index (κ3) is 5.19. The molecule has 0 spiro atoms. The quantitative estimate of drug-likeness (QED) is 0.604. The molecule has 0 fully saturated rings. The van der Waals surface area contributed by atoms with Gasteiger partial charge in [0.05, 0.1) is 13.2 Å². The minimum absolute atomic E-state index is 0.256. The van der Waals surface area contributed by atoms with Gasteiger partial charge in [0, 0.05) is 37.6 Å². The van der Waals surface area contributed by atoms with Crippen LogP contribution in [-0.2, 0) is 25.9 Å². The number of sulfonamides is 1. The Morgan fingerprint density at radius 3 is 2.62 bits per heavy atom. The molecule has 21 heavy (non-hydrogen) atoms. The summed E-state index contributed by atoms with van der Waals surface area (Å²) in [6.07, 6.45) is 0.674. The molecule has 0 aliphatic rings. The van der Waals surface area contributed by atoms with Crippen LogP contribution in [0, 0.1) is 0 Å². The molecule has 0 saturated carbocycles. The maximum Gasteiger partial charge on any atom is 0.252 e. The highest BCUT2D eigenvalue weighted by atomic mass is 35.5. The summed E-state index contributed by atoms with van der Waals surface area (Å²) >= 11 is 6.96. The summed E-state index contributed by atoms with van der Waals surface area (Å²) < 4.78 is 37.4. The lowest BCUT2D eigenvalue weighted by Gasteiger charge is -2.27. The van der Waals surface area contributed by atoms with Crippen LogP contribution < -0.4 is 0 Å². The number of methoxy groups -OCH3 is 2. The predicted molar refractivity (Wildman–Crippen MR) is 85.8 cm³/mol. The maximum absolute atomic E-state index is 12.8. The molecule has 1 heterocycles. The summed E-state index contributed by atoms with van der Waals surface area (Å²) in [6, 6.07) is 3.20. The van der Waals surface area contributed by atoms with Crippen molar-refractivity contribution in [1.29, 1.82) is 0 Å². The third-order valence-corrected chi connectivity index (χ3v) is 6.77. The number of hydrogen-bond acceptors (Lipinski definition) is 5. The number of nitrogens with zero attached hydrogens (tertiary/aromatic N) is 1. The van der Waals surface area contributed by atoms with Crippen LogP contribution in [0.3, 0.4) is 0 Å². The first kappa shape index (κ1) is 18.9. The summed E-state index contributed by atoms with van der Waals surface area (Å²) in [4.78, 5) is 0.967. The Labute approximate surface area is 135 Å². The average Bonchev–Trinajstić information content (AvgIpc) is 2.89. The van der Waals surface area contributed by atoms with Gasteiger partial charge in [-0.15, -0.1) is 22.9 Å². The number of thiophene rings is 1. The van der Waals surface area contributed by atoms with Crippen molar-refractivity contribution in [1.82, 2.24) is 4.31 Å². The number of ether oxygens (including phenoxy) is 2. The van der Waals surface area contributed by atoms with Crippen LogP contribution in [0.1, 0.15) is 11.8 Å². The minimum atomic E-state index is -3.54. The SMILES string of the molecule is COCCN(C(C)COC)S(=O)(=O)c1ccc(CCCl)s1. The van der Waals surface area contributed by atoms with Gasteiger partial charge in [-0.2, -0.15) is 4.31 Å². The maximum atomic E-state index is 12.8. The summed E-state index contributed by atoms with van der Waals surface area (Å²) in [5, 5.41) is 0. The minimum Gasteiger partial charge on any atom is -0.383 e. The van der Waals surface area contributed by atoms with E-state index >= 15 is 0 Å². The molecule has 8 heteroatoms. The highest BCUT2D eigenvalue weighted by Gasteiger charge is 2.30. The average molecular weight is 356 g/mol. The normalized spacial score (nSPS) is 13.8. The fourth-order valence-electron chi connectivity index (χ4n) is 1.92. The van der Waals surface area contributed by atoms with Crippen molar-refractivity contribution in [2.24, 2.45) is 0 Å². The van der Waals surface area contributed by atoms with Gasteiger partial charge in [-0.3, -0.25) is 0 Å². The van der Waals surface area contributed by atoms with Gasteiger partial charge in [-0.25, -0.2) is 8.42 Å². The van der Waals surface area contributed by atoms with Crippen LogP contribution in [0.25, 0.3) is 0 Å². The van der Waals surface area contributed by atoms with E-state index in [0.29, 0.717) is 36.3 Å². The van der Waals surface area contributed by atoms with E-state index in [-0.39, 0.29) is 6.04 Å². The molecular weight excluding hydrogens is 334 g/mol. The van der Waals surface area contributed by atoms with E-state index in [0.717, 1.165) is 4.88 Å². The molecule has 1 rings (SSSR count). The molecule has 0 aromatic carbocycles. The van der Waals surface area contributed by atoms with Gasteiger partial charge in [0.2, 0.25) is 0 Å². The molecule has 1 atom stereocenters. The first-order valence-corrected chi connectivity index (χ1v) is 9.40. The Morgan fingerprint density at radius 2 is 2.05 bits per heavy atom. The van der Waals surface area contributed by atoms with Gasteiger partial charge in [-0.05, 0) is 25.5 Å². The Balaban J connectivity index is 3.00. The topological polar surface area (TPSA) is 55.8 Å². The molecule has 5 nitrogen and oxygen atoms in total. The van der Waals surface area contributed by atoms with E-state index in [1.165, 1.54) is 15.6 Å².